The molecule has 0 fully saturated rings. The van der Waals surface area contributed by atoms with Crippen LogP contribution >= 0.6 is 12.4 Å². The van der Waals surface area contributed by atoms with E-state index in [9.17, 15) is 4.79 Å². The summed E-state index contributed by atoms with van der Waals surface area (Å²) in [7, 11) is 0. The fourth-order valence-corrected chi connectivity index (χ4v) is 2.60. The van der Waals surface area contributed by atoms with Crippen LogP contribution < -0.4 is 11.1 Å². The summed E-state index contributed by atoms with van der Waals surface area (Å²) in [5, 5.41) is 3.05. The molecule has 1 unspecified atom stereocenters. The van der Waals surface area contributed by atoms with Gasteiger partial charge in [-0.1, -0.05) is 19.9 Å². The quantitative estimate of drug-likeness (QED) is 0.886. The number of aromatic nitrogens is 2. The molecule has 0 saturated heterocycles. The normalized spacial score (nSPS) is 13.5. The minimum Gasteiger partial charge on any atom is -0.346 e. The largest absolute Gasteiger partial charge is 0.346 e. The fraction of sp³-hybridized carbons (Fsp3) is 0.438. The van der Waals surface area contributed by atoms with E-state index in [1.165, 1.54) is 0 Å². The van der Waals surface area contributed by atoms with E-state index in [1.807, 2.05) is 19.1 Å². The van der Waals surface area contributed by atoms with Crippen molar-refractivity contribution < 1.29 is 4.79 Å². The molecule has 6 heteroatoms. The van der Waals surface area contributed by atoms with Gasteiger partial charge in [0.05, 0.1) is 11.1 Å². The molecule has 0 radical (unpaired) electrons. The van der Waals surface area contributed by atoms with Crippen molar-refractivity contribution in [3.8, 4) is 0 Å². The van der Waals surface area contributed by atoms with Crippen LogP contribution in [0.15, 0.2) is 30.6 Å². The van der Waals surface area contributed by atoms with Crippen molar-refractivity contribution in [1.82, 2.24) is 15.3 Å². The maximum atomic E-state index is 12.6. The molecule has 22 heavy (non-hydrogen) atoms. The standard InChI is InChI=1S/C16H22N4O.ClH/c1-11(2)9-16(3,10-17)20-15(21)12-5-4-6-13-14(12)19-8-7-18-13;/h4-8,11H,9-10,17H2,1-3H3,(H,20,21);1H. The van der Waals surface area contributed by atoms with E-state index < -0.39 is 5.54 Å². The molecule has 2 rings (SSSR count). The minimum absolute atomic E-state index is 0. The maximum absolute atomic E-state index is 12.6. The van der Waals surface area contributed by atoms with Crippen molar-refractivity contribution in [2.75, 3.05) is 6.54 Å². The third-order valence-electron chi connectivity index (χ3n) is 3.47. The highest BCUT2D eigenvalue weighted by molar-refractivity contribution is 6.04. The monoisotopic (exact) mass is 322 g/mol. The van der Waals surface area contributed by atoms with Crippen LogP contribution in [-0.4, -0.2) is 28.0 Å². The summed E-state index contributed by atoms with van der Waals surface area (Å²) in [6.45, 7) is 6.60. The second kappa shape index (κ2) is 7.51. The summed E-state index contributed by atoms with van der Waals surface area (Å²) in [6.07, 6.45) is 4.04. The average molecular weight is 323 g/mol. The zero-order chi connectivity index (χ0) is 15.5. The molecule has 1 heterocycles. The predicted molar refractivity (Wildman–Crippen MR) is 91.2 cm³/mol. The molecular formula is C16H23ClN4O. The third kappa shape index (κ3) is 4.15. The van der Waals surface area contributed by atoms with Gasteiger partial charge in [-0.05, 0) is 31.4 Å². The predicted octanol–water partition coefficient (Wildman–Crippen LogP) is 2.54. The number of halogens is 1. The lowest BCUT2D eigenvalue weighted by Crippen LogP contribution is -2.52. The first kappa shape index (κ1) is 18.3. The van der Waals surface area contributed by atoms with E-state index in [2.05, 4.69) is 29.1 Å². The number of amides is 1. The highest BCUT2D eigenvalue weighted by Crippen LogP contribution is 2.18. The SMILES string of the molecule is CC(C)CC(C)(CN)NC(=O)c1cccc2nccnc12.Cl. The Morgan fingerprint density at radius 3 is 2.64 bits per heavy atom. The molecule has 1 atom stereocenters. The van der Waals surface area contributed by atoms with Crippen LogP contribution in [-0.2, 0) is 0 Å². The summed E-state index contributed by atoms with van der Waals surface area (Å²) in [5.74, 6) is 0.292. The number of fused-ring (bicyclic) bond motifs is 1. The van der Waals surface area contributed by atoms with Crippen LogP contribution in [0.2, 0.25) is 0 Å². The Hall–Kier alpha value is -1.72. The Bertz CT molecular complexity index is 642. The van der Waals surface area contributed by atoms with Crippen molar-refractivity contribution >= 4 is 29.3 Å². The molecule has 0 spiro atoms. The van der Waals surface area contributed by atoms with Crippen LogP contribution in [0.5, 0.6) is 0 Å². The lowest BCUT2D eigenvalue weighted by molar-refractivity contribution is 0.0900. The van der Waals surface area contributed by atoms with Gasteiger partial charge in [0.2, 0.25) is 0 Å². The lowest BCUT2D eigenvalue weighted by atomic mass is 9.90. The number of carbonyl (C=O) groups is 1. The van der Waals surface area contributed by atoms with Gasteiger partial charge >= 0.3 is 0 Å². The summed E-state index contributed by atoms with van der Waals surface area (Å²) >= 11 is 0. The van der Waals surface area contributed by atoms with Gasteiger partial charge in [0.15, 0.2) is 0 Å². The van der Waals surface area contributed by atoms with Gasteiger partial charge in [0, 0.05) is 24.5 Å². The Balaban J connectivity index is 0.00000242. The van der Waals surface area contributed by atoms with Gasteiger partial charge < -0.3 is 11.1 Å². The third-order valence-corrected chi connectivity index (χ3v) is 3.47. The topological polar surface area (TPSA) is 80.9 Å². The number of nitrogens with one attached hydrogen (secondary N) is 1. The molecule has 120 valence electrons. The molecule has 0 aliphatic heterocycles. The van der Waals surface area contributed by atoms with E-state index in [4.69, 9.17) is 5.73 Å². The van der Waals surface area contributed by atoms with E-state index in [1.54, 1.807) is 18.5 Å². The Morgan fingerprint density at radius 1 is 1.32 bits per heavy atom. The molecule has 0 bridgehead atoms. The number of hydrogen-bond donors (Lipinski definition) is 2. The van der Waals surface area contributed by atoms with Crippen molar-refractivity contribution in [3.63, 3.8) is 0 Å². The number of benzene rings is 1. The lowest BCUT2D eigenvalue weighted by Gasteiger charge is -2.31. The van der Waals surface area contributed by atoms with Crippen LogP contribution in [0, 0.1) is 5.92 Å². The van der Waals surface area contributed by atoms with Gasteiger partial charge in [0.1, 0.15) is 5.52 Å². The fourth-order valence-electron chi connectivity index (χ4n) is 2.60. The molecule has 0 saturated carbocycles. The number of nitrogens with two attached hydrogens (primary N) is 1. The average Bonchev–Trinajstić information content (AvgIpc) is 2.45. The highest BCUT2D eigenvalue weighted by atomic mass is 35.5. The molecule has 1 aromatic heterocycles. The second-order valence-corrected chi connectivity index (χ2v) is 6.05. The first-order chi connectivity index (χ1) is 9.95. The summed E-state index contributed by atoms with van der Waals surface area (Å²) in [6, 6.07) is 5.42. The molecular weight excluding hydrogens is 300 g/mol. The minimum atomic E-state index is -0.421. The molecule has 0 aliphatic carbocycles. The van der Waals surface area contributed by atoms with Crippen molar-refractivity contribution in [2.24, 2.45) is 11.7 Å². The molecule has 1 aromatic carbocycles. The van der Waals surface area contributed by atoms with Gasteiger partial charge in [0.25, 0.3) is 5.91 Å². The number of para-hydroxylation sites is 1. The van der Waals surface area contributed by atoms with Crippen LogP contribution in [0.4, 0.5) is 0 Å². The first-order valence-corrected chi connectivity index (χ1v) is 7.17. The zero-order valence-corrected chi connectivity index (χ0v) is 14.0. The summed E-state index contributed by atoms with van der Waals surface area (Å²) < 4.78 is 0. The summed E-state index contributed by atoms with van der Waals surface area (Å²) in [4.78, 5) is 21.1. The Morgan fingerprint density at radius 2 is 2.00 bits per heavy atom. The summed E-state index contributed by atoms with van der Waals surface area (Å²) in [5.41, 5.74) is 7.29. The van der Waals surface area contributed by atoms with E-state index in [-0.39, 0.29) is 18.3 Å². The van der Waals surface area contributed by atoms with Gasteiger partial charge in [-0.3, -0.25) is 14.8 Å². The molecule has 0 aliphatic rings. The van der Waals surface area contributed by atoms with Crippen molar-refractivity contribution in [1.29, 1.82) is 0 Å². The second-order valence-electron chi connectivity index (χ2n) is 6.05. The zero-order valence-electron chi connectivity index (χ0n) is 13.2. The number of hydrogen-bond acceptors (Lipinski definition) is 4. The molecule has 3 N–H and O–H groups in total. The number of rotatable bonds is 5. The van der Waals surface area contributed by atoms with Crippen LogP contribution in [0.25, 0.3) is 11.0 Å². The van der Waals surface area contributed by atoms with Crippen LogP contribution in [0.3, 0.4) is 0 Å². The number of carbonyl (C=O) groups excluding carboxylic acids is 1. The number of nitrogens with zero attached hydrogens (tertiary/aromatic N) is 2. The van der Waals surface area contributed by atoms with Crippen LogP contribution in [0.1, 0.15) is 37.6 Å². The molecule has 2 aromatic rings. The smallest absolute Gasteiger partial charge is 0.254 e. The highest BCUT2D eigenvalue weighted by Gasteiger charge is 2.27. The molecule has 1 amide bonds. The maximum Gasteiger partial charge on any atom is 0.254 e. The van der Waals surface area contributed by atoms with Gasteiger partial charge in [-0.25, -0.2) is 0 Å². The van der Waals surface area contributed by atoms with Crippen molar-refractivity contribution in [2.45, 2.75) is 32.7 Å². The Labute approximate surface area is 137 Å². The van der Waals surface area contributed by atoms with Gasteiger partial charge in [-0.15, -0.1) is 12.4 Å². The Kier molecular flexibility index (Phi) is 6.26. The molecule has 5 nitrogen and oxygen atoms in total. The first-order valence-electron chi connectivity index (χ1n) is 7.17. The van der Waals surface area contributed by atoms with Gasteiger partial charge in [-0.2, -0.15) is 0 Å². The van der Waals surface area contributed by atoms with E-state index in [0.717, 1.165) is 6.42 Å². The van der Waals surface area contributed by atoms with Crippen molar-refractivity contribution in [3.05, 3.63) is 36.2 Å². The van der Waals surface area contributed by atoms with E-state index in [0.29, 0.717) is 29.1 Å². The van der Waals surface area contributed by atoms with E-state index >= 15 is 0 Å².